The lowest BCUT2D eigenvalue weighted by Crippen LogP contribution is -2.18. The second-order valence-corrected chi connectivity index (χ2v) is 7.05. The van der Waals surface area contributed by atoms with Crippen LogP contribution in [0.15, 0.2) is 77.9 Å². The normalized spacial score (nSPS) is 10.9. The maximum atomic E-state index is 12.9. The molecule has 4 aromatic rings. The number of phenolic OH excluding ortho intramolecular Hbond substituents is 1. The first kappa shape index (κ1) is 22.0. The van der Waals surface area contributed by atoms with Gasteiger partial charge >= 0.3 is 5.69 Å². The lowest BCUT2D eigenvalue weighted by molar-refractivity contribution is -0.394. The van der Waals surface area contributed by atoms with Crippen molar-refractivity contribution in [1.82, 2.24) is 10.4 Å². The number of benzene rings is 3. The zero-order chi connectivity index (χ0) is 24.2. The van der Waals surface area contributed by atoms with E-state index in [1.165, 1.54) is 0 Å². The highest BCUT2D eigenvalue weighted by Crippen LogP contribution is 2.33. The number of carbonyl (C=O) groups is 1. The minimum atomic E-state index is -0.952. The Labute approximate surface area is 191 Å². The number of aromatic nitrogens is 1. The van der Waals surface area contributed by atoms with Crippen molar-refractivity contribution in [3.63, 3.8) is 0 Å². The minimum Gasteiger partial charge on any atom is -0.502 e. The predicted octanol–water partition coefficient (Wildman–Crippen LogP) is 4.19. The average Bonchev–Trinajstić information content (AvgIpc) is 2.84. The Morgan fingerprint density at radius 3 is 2.38 bits per heavy atom. The summed E-state index contributed by atoms with van der Waals surface area (Å²) in [6.07, 6.45) is 0.898. The van der Waals surface area contributed by atoms with Crippen LogP contribution in [-0.4, -0.2) is 32.1 Å². The van der Waals surface area contributed by atoms with E-state index in [1.807, 2.05) is 30.3 Å². The highest BCUT2D eigenvalue weighted by atomic mass is 16.6. The van der Waals surface area contributed by atoms with Gasteiger partial charge in [0, 0.05) is 17.0 Å². The van der Waals surface area contributed by atoms with E-state index in [9.17, 15) is 30.1 Å². The van der Waals surface area contributed by atoms with Gasteiger partial charge in [-0.1, -0.05) is 48.5 Å². The molecule has 0 fully saturated rings. The largest absolute Gasteiger partial charge is 0.502 e. The summed E-state index contributed by atoms with van der Waals surface area (Å²) in [6, 6.07) is 19.5. The van der Waals surface area contributed by atoms with Gasteiger partial charge in [-0.2, -0.15) is 5.10 Å². The molecule has 0 saturated carbocycles. The number of carbonyl (C=O) groups excluding carboxylic acids is 1. The van der Waals surface area contributed by atoms with Crippen LogP contribution in [0.3, 0.4) is 0 Å². The lowest BCUT2D eigenvalue weighted by atomic mass is 10.0. The number of aromatic hydroxyl groups is 1. The molecule has 4 rings (SSSR count). The number of non-ortho nitro benzene ring substituents is 1. The van der Waals surface area contributed by atoms with Crippen LogP contribution in [-0.2, 0) is 0 Å². The molecular formula is C23H15N5O6. The van der Waals surface area contributed by atoms with Gasteiger partial charge in [0.1, 0.15) is 0 Å². The van der Waals surface area contributed by atoms with Crippen LogP contribution in [0.25, 0.3) is 22.2 Å². The maximum absolute atomic E-state index is 12.9. The Bertz CT molecular complexity index is 1470. The van der Waals surface area contributed by atoms with E-state index in [0.717, 1.165) is 17.8 Å². The number of phenols is 1. The number of nitrogens with zero attached hydrogens (tertiary/aromatic N) is 4. The molecule has 1 aromatic heterocycles. The van der Waals surface area contributed by atoms with Crippen molar-refractivity contribution in [1.29, 1.82) is 0 Å². The van der Waals surface area contributed by atoms with E-state index in [0.29, 0.717) is 22.7 Å². The van der Waals surface area contributed by atoms with Crippen LogP contribution < -0.4 is 5.43 Å². The van der Waals surface area contributed by atoms with Gasteiger partial charge in [-0.25, -0.2) is 10.4 Å². The van der Waals surface area contributed by atoms with Gasteiger partial charge in [-0.15, -0.1) is 0 Å². The Morgan fingerprint density at radius 2 is 1.68 bits per heavy atom. The van der Waals surface area contributed by atoms with E-state index in [-0.39, 0.29) is 11.1 Å². The molecule has 11 nitrogen and oxygen atoms in total. The summed E-state index contributed by atoms with van der Waals surface area (Å²) < 4.78 is 0. The highest BCUT2D eigenvalue weighted by molar-refractivity contribution is 6.07. The van der Waals surface area contributed by atoms with Gasteiger partial charge in [0.25, 0.3) is 11.6 Å². The Hall–Kier alpha value is -5.19. The summed E-state index contributed by atoms with van der Waals surface area (Å²) >= 11 is 0. The number of nitro groups is 2. The van der Waals surface area contributed by atoms with Crippen molar-refractivity contribution in [3.05, 3.63) is 104 Å². The van der Waals surface area contributed by atoms with Gasteiger partial charge in [0.15, 0.2) is 0 Å². The molecule has 168 valence electrons. The molecule has 1 amide bonds. The Kier molecular flexibility index (Phi) is 5.91. The number of hydrogen-bond donors (Lipinski definition) is 2. The predicted molar refractivity (Wildman–Crippen MR) is 124 cm³/mol. The number of amides is 1. The fraction of sp³-hybridized carbons (Fsp3) is 0. The van der Waals surface area contributed by atoms with Crippen LogP contribution in [0, 0.1) is 20.2 Å². The standard InChI is InChI=1S/C23H15N5O6/c29-22-15(10-16(27(31)32)11-21(22)28(33)34)13-24-26-23(30)18-12-20(14-6-2-1-3-7-14)25-19-9-5-4-8-17(18)19/h1-13,29H,(H,26,30). The third kappa shape index (κ3) is 4.39. The fourth-order valence-electron chi connectivity index (χ4n) is 3.31. The average molecular weight is 457 g/mol. The fourth-order valence-corrected chi connectivity index (χ4v) is 3.31. The van der Waals surface area contributed by atoms with Crippen molar-refractivity contribution in [2.24, 2.45) is 5.10 Å². The first-order chi connectivity index (χ1) is 16.3. The summed E-state index contributed by atoms with van der Waals surface area (Å²) in [5, 5.41) is 36.5. The van der Waals surface area contributed by atoms with Gasteiger partial charge in [0.2, 0.25) is 5.75 Å². The molecule has 11 heteroatoms. The molecule has 0 aliphatic heterocycles. The monoisotopic (exact) mass is 457 g/mol. The summed E-state index contributed by atoms with van der Waals surface area (Å²) in [7, 11) is 0. The van der Waals surface area contributed by atoms with E-state index in [1.54, 1.807) is 30.3 Å². The van der Waals surface area contributed by atoms with Crippen molar-refractivity contribution in [2.45, 2.75) is 0 Å². The summed E-state index contributed by atoms with van der Waals surface area (Å²) in [5.41, 5.74) is 2.77. The number of nitrogens with one attached hydrogen (secondary N) is 1. The summed E-state index contributed by atoms with van der Waals surface area (Å²) in [4.78, 5) is 37.9. The molecular weight excluding hydrogens is 442 g/mol. The van der Waals surface area contributed by atoms with Gasteiger partial charge in [-0.3, -0.25) is 25.0 Å². The molecule has 0 atom stereocenters. The number of fused-ring (bicyclic) bond motifs is 1. The molecule has 0 saturated heterocycles. The molecule has 0 unspecified atom stereocenters. The second kappa shape index (κ2) is 9.12. The van der Waals surface area contributed by atoms with Crippen LogP contribution in [0.5, 0.6) is 5.75 Å². The number of rotatable bonds is 6. The number of para-hydroxylation sites is 1. The van der Waals surface area contributed by atoms with Crippen LogP contribution in [0.2, 0.25) is 0 Å². The third-order valence-electron chi connectivity index (χ3n) is 4.91. The Balaban J connectivity index is 1.68. The summed E-state index contributed by atoms with van der Waals surface area (Å²) in [6.45, 7) is 0. The van der Waals surface area contributed by atoms with E-state index in [4.69, 9.17) is 0 Å². The molecule has 1 heterocycles. The molecule has 0 aliphatic rings. The highest BCUT2D eigenvalue weighted by Gasteiger charge is 2.23. The van der Waals surface area contributed by atoms with E-state index >= 15 is 0 Å². The molecule has 34 heavy (non-hydrogen) atoms. The molecule has 0 aliphatic carbocycles. The summed E-state index contributed by atoms with van der Waals surface area (Å²) in [5.74, 6) is -1.42. The zero-order valence-corrected chi connectivity index (χ0v) is 17.3. The first-order valence-electron chi connectivity index (χ1n) is 9.79. The molecule has 0 spiro atoms. The number of hydrogen-bond acceptors (Lipinski definition) is 8. The van der Waals surface area contributed by atoms with Gasteiger partial charge < -0.3 is 5.11 Å². The first-order valence-corrected chi connectivity index (χ1v) is 9.79. The maximum Gasteiger partial charge on any atom is 0.318 e. The molecule has 2 N–H and O–H groups in total. The van der Waals surface area contributed by atoms with Crippen LogP contribution in [0.4, 0.5) is 11.4 Å². The molecule has 0 bridgehead atoms. The number of nitro benzene ring substituents is 2. The number of pyridine rings is 1. The lowest BCUT2D eigenvalue weighted by Gasteiger charge is -2.09. The molecule has 0 radical (unpaired) electrons. The van der Waals surface area contributed by atoms with E-state index in [2.05, 4.69) is 15.5 Å². The van der Waals surface area contributed by atoms with Crippen LogP contribution >= 0.6 is 0 Å². The number of hydrazone groups is 1. The van der Waals surface area contributed by atoms with E-state index < -0.39 is 32.9 Å². The topological polar surface area (TPSA) is 161 Å². The molecule has 3 aromatic carbocycles. The van der Waals surface area contributed by atoms with Gasteiger partial charge in [0.05, 0.1) is 44.5 Å². The SMILES string of the molecule is O=C(NN=Cc1cc([N+](=O)[O-])cc([N+](=O)[O-])c1O)c1cc(-c2ccccc2)nc2ccccc12. The van der Waals surface area contributed by atoms with Crippen molar-refractivity contribution in [2.75, 3.05) is 0 Å². The van der Waals surface area contributed by atoms with Crippen molar-refractivity contribution >= 4 is 34.4 Å². The van der Waals surface area contributed by atoms with Crippen LogP contribution in [0.1, 0.15) is 15.9 Å². The smallest absolute Gasteiger partial charge is 0.318 e. The minimum absolute atomic E-state index is 0.274. The van der Waals surface area contributed by atoms with Crippen molar-refractivity contribution in [3.8, 4) is 17.0 Å². The van der Waals surface area contributed by atoms with Gasteiger partial charge in [-0.05, 0) is 12.1 Å². The Morgan fingerprint density at radius 1 is 0.971 bits per heavy atom. The third-order valence-corrected chi connectivity index (χ3v) is 4.91. The quantitative estimate of drug-likeness (QED) is 0.249. The zero-order valence-electron chi connectivity index (χ0n) is 17.3. The second-order valence-electron chi connectivity index (χ2n) is 7.05. The van der Waals surface area contributed by atoms with Crippen molar-refractivity contribution < 1.29 is 19.7 Å².